The molecule has 7 nitrogen and oxygen atoms in total. The smallest absolute Gasteiger partial charge is 0.223 e. The summed E-state index contributed by atoms with van der Waals surface area (Å²) < 4.78 is 6.64. The monoisotopic (exact) mass is 499 g/mol. The van der Waals surface area contributed by atoms with E-state index in [1.54, 1.807) is 7.05 Å². The fraction of sp³-hybridized carbons (Fsp3) is 0.759. The molecule has 0 radical (unpaired) electrons. The molecular weight excluding hydrogens is 450 g/mol. The molecule has 2 fully saturated rings. The van der Waals surface area contributed by atoms with Gasteiger partial charge in [-0.05, 0) is 85.3 Å². The Hall–Kier alpha value is -1.99. The second-order valence-corrected chi connectivity index (χ2v) is 12.2. The summed E-state index contributed by atoms with van der Waals surface area (Å²) in [4.78, 5) is 16.7. The number of aliphatic imine (C=N–C) groups is 1. The van der Waals surface area contributed by atoms with E-state index in [-0.39, 0.29) is 35.2 Å². The van der Waals surface area contributed by atoms with Crippen molar-refractivity contribution in [3.8, 4) is 0 Å². The highest BCUT2D eigenvalue weighted by atomic mass is 16.5. The predicted molar refractivity (Wildman–Crippen MR) is 150 cm³/mol. The Labute approximate surface area is 218 Å². The van der Waals surface area contributed by atoms with Crippen LogP contribution in [0.2, 0.25) is 0 Å². The van der Waals surface area contributed by atoms with E-state index in [0.717, 1.165) is 68.2 Å². The number of nitrogens with one attached hydrogen (secondary N) is 1. The van der Waals surface area contributed by atoms with Gasteiger partial charge in [-0.2, -0.15) is 0 Å². The van der Waals surface area contributed by atoms with Crippen LogP contribution in [0.4, 0.5) is 5.95 Å². The quantitative estimate of drug-likeness (QED) is 0.353. The molecule has 0 bridgehead atoms. The van der Waals surface area contributed by atoms with E-state index >= 15 is 0 Å². The van der Waals surface area contributed by atoms with Gasteiger partial charge >= 0.3 is 0 Å². The summed E-state index contributed by atoms with van der Waals surface area (Å²) >= 11 is 0. The van der Waals surface area contributed by atoms with Gasteiger partial charge in [0.05, 0.1) is 17.4 Å². The third-order valence-electron chi connectivity index (χ3n) is 8.36. The van der Waals surface area contributed by atoms with Gasteiger partial charge < -0.3 is 15.2 Å². The third kappa shape index (κ3) is 6.65. The second kappa shape index (κ2) is 11.6. The van der Waals surface area contributed by atoms with Crippen LogP contribution in [-0.2, 0) is 4.74 Å². The van der Waals surface area contributed by atoms with Crippen LogP contribution in [0.5, 0.6) is 0 Å². The van der Waals surface area contributed by atoms with E-state index in [9.17, 15) is 5.11 Å². The Morgan fingerprint density at radius 2 is 1.83 bits per heavy atom. The maximum Gasteiger partial charge on any atom is 0.223 e. The molecule has 36 heavy (non-hydrogen) atoms. The van der Waals surface area contributed by atoms with Gasteiger partial charge in [0, 0.05) is 43.2 Å². The molecule has 1 saturated heterocycles. The van der Waals surface area contributed by atoms with Gasteiger partial charge in [-0.3, -0.25) is 9.89 Å². The first-order valence-electron chi connectivity index (χ1n) is 13.8. The number of likely N-dealkylation sites (tertiary alicyclic amines) is 1. The van der Waals surface area contributed by atoms with Crippen LogP contribution in [0, 0.1) is 5.92 Å². The van der Waals surface area contributed by atoms with Crippen LogP contribution in [0.1, 0.15) is 104 Å². The molecule has 1 saturated carbocycles. The molecular formula is C29H49N5O2. The number of anilines is 1. The van der Waals surface area contributed by atoms with Crippen LogP contribution < -0.4 is 5.32 Å². The second-order valence-electron chi connectivity index (χ2n) is 12.2. The number of aliphatic hydroxyl groups excluding tert-OH is 1. The number of aromatic nitrogens is 2. The lowest BCUT2D eigenvalue weighted by molar-refractivity contribution is -0.0592. The Morgan fingerprint density at radius 3 is 2.39 bits per heavy atom. The van der Waals surface area contributed by atoms with Crippen molar-refractivity contribution < 1.29 is 9.84 Å². The van der Waals surface area contributed by atoms with Gasteiger partial charge in [-0.15, -0.1) is 0 Å². The highest BCUT2D eigenvalue weighted by molar-refractivity contribution is 5.98. The Morgan fingerprint density at radius 1 is 1.22 bits per heavy atom. The molecule has 202 valence electrons. The Bertz CT molecular complexity index is 916. The molecule has 1 aromatic rings. The van der Waals surface area contributed by atoms with Gasteiger partial charge in [0.15, 0.2) is 0 Å². The maximum atomic E-state index is 10.0. The minimum absolute atomic E-state index is 0.0142. The van der Waals surface area contributed by atoms with Crippen LogP contribution in [-0.4, -0.2) is 69.3 Å². The van der Waals surface area contributed by atoms with Crippen molar-refractivity contribution in [1.82, 2.24) is 14.9 Å². The van der Waals surface area contributed by atoms with E-state index in [4.69, 9.17) is 9.72 Å². The number of nitrogens with zero attached hydrogens (tertiary/aromatic N) is 4. The van der Waals surface area contributed by atoms with Crippen molar-refractivity contribution in [2.45, 2.75) is 122 Å². The lowest BCUT2D eigenvalue weighted by Crippen LogP contribution is -2.60. The fourth-order valence-electron chi connectivity index (χ4n) is 5.95. The lowest BCUT2D eigenvalue weighted by atomic mass is 9.78. The minimum atomic E-state index is -0.210. The summed E-state index contributed by atoms with van der Waals surface area (Å²) in [5, 5.41) is 13.5. The number of aliphatic hydroxyl groups is 1. The minimum Gasteiger partial charge on any atom is -0.474 e. The first-order chi connectivity index (χ1) is 16.9. The van der Waals surface area contributed by atoms with Crippen molar-refractivity contribution in [1.29, 1.82) is 0 Å². The molecule has 0 spiro atoms. The summed E-state index contributed by atoms with van der Waals surface area (Å²) in [6.45, 7) is 17.9. The summed E-state index contributed by atoms with van der Waals surface area (Å²) in [7, 11) is 3.98. The zero-order valence-electron chi connectivity index (χ0n) is 23.9. The first-order valence-corrected chi connectivity index (χ1v) is 13.8. The van der Waals surface area contributed by atoms with Crippen molar-refractivity contribution in [3.63, 3.8) is 0 Å². The molecule has 2 aliphatic rings. The van der Waals surface area contributed by atoms with Gasteiger partial charge in [-0.25, -0.2) is 9.97 Å². The Balaban J connectivity index is 1.92. The predicted octanol–water partition coefficient (Wildman–Crippen LogP) is 5.69. The van der Waals surface area contributed by atoms with Gasteiger partial charge in [0.2, 0.25) is 11.8 Å². The van der Waals surface area contributed by atoms with Crippen LogP contribution in [0.15, 0.2) is 17.8 Å². The molecule has 1 aliphatic heterocycles. The van der Waals surface area contributed by atoms with Crippen molar-refractivity contribution in [3.05, 3.63) is 24.0 Å². The SMILES string of the molecule is C=C(c1nc(NC(C)CCC)ncc1/C(=N\C)OC1CC(C)(C)N(C)C(C)(C)C1)[C@H]1CC[C@H](O)CC1. The summed E-state index contributed by atoms with van der Waals surface area (Å²) in [6.07, 6.45) is 9.08. The lowest BCUT2D eigenvalue weighted by Gasteiger charge is -2.53. The van der Waals surface area contributed by atoms with Crippen molar-refractivity contribution in [2.75, 3.05) is 19.4 Å². The van der Waals surface area contributed by atoms with Crippen molar-refractivity contribution >= 4 is 17.4 Å². The standard InChI is InChI=1S/C29H49N5O2/c1-10-11-19(2)32-27-31-18-24(25(33-27)20(3)21-12-14-22(35)15-13-21)26(30-8)36-23-16-28(4,5)34(9)29(6,7)17-23/h18-19,21-23,35H,3,10-17H2,1-2,4-9H3,(H,31,32,33)/b30-26+/t19?,21-,22-. The number of rotatable bonds is 8. The normalized spacial score (nSPS) is 25.9. The van der Waals surface area contributed by atoms with E-state index < -0.39 is 0 Å². The molecule has 1 atom stereocenters. The number of allylic oxidation sites excluding steroid dienone is 1. The largest absolute Gasteiger partial charge is 0.474 e. The maximum absolute atomic E-state index is 10.0. The molecule has 2 heterocycles. The number of hydrogen-bond acceptors (Lipinski definition) is 7. The molecule has 7 heteroatoms. The molecule has 3 rings (SSSR count). The molecule has 1 aliphatic carbocycles. The molecule has 1 unspecified atom stereocenters. The van der Waals surface area contributed by atoms with E-state index in [1.807, 2.05) is 6.20 Å². The van der Waals surface area contributed by atoms with E-state index in [2.05, 4.69) is 75.4 Å². The first kappa shape index (κ1) is 28.6. The fourth-order valence-corrected chi connectivity index (χ4v) is 5.95. The van der Waals surface area contributed by atoms with E-state index in [1.165, 1.54) is 0 Å². The average molecular weight is 500 g/mol. The molecule has 0 aromatic carbocycles. The Kier molecular flexibility index (Phi) is 9.20. The zero-order chi connectivity index (χ0) is 26.7. The highest BCUT2D eigenvalue weighted by Gasteiger charge is 2.44. The highest BCUT2D eigenvalue weighted by Crippen LogP contribution is 2.39. The van der Waals surface area contributed by atoms with Crippen LogP contribution >= 0.6 is 0 Å². The number of piperidine rings is 1. The van der Waals surface area contributed by atoms with Crippen LogP contribution in [0.25, 0.3) is 5.57 Å². The number of hydrogen-bond donors (Lipinski definition) is 2. The molecule has 2 N–H and O–H groups in total. The summed E-state index contributed by atoms with van der Waals surface area (Å²) in [6, 6.07) is 0.283. The van der Waals surface area contributed by atoms with E-state index in [0.29, 0.717) is 11.8 Å². The van der Waals surface area contributed by atoms with Gasteiger partial charge in [0.1, 0.15) is 6.10 Å². The zero-order valence-corrected chi connectivity index (χ0v) is 23.9. The third-order valence-corrected chi connectivity index (χ3v) is 8.36. The average Bonchev–Trinajstić information content (AvgIpc) is 2.81. The summed E-state index contributed by atoms with van der Waals surface area (Å²) in [5.74, 6) is 1.47. The molecule has 1 aromatic heterocycles. The topological polar surface area (TPSA) is 82.9 Å². The summed E-state index contributed by atoms with van der Waals surface area (Å²) in [5.41, 5.74) is 2.63. The van der Waals surface area contributed by atoms with Gasteiger partial charge in [0.25, 0.3) is 0 Å². The van der Waals surface area contributed by atoms with Gasteiger partial charge in [-0.1, -0.05) is 19.9 Å². The molecule has 0 amide bonds. The van der Waals surface area contributed by atoms with Crippen molar-refractivity contribution in [2.24, 2.45) is 10.9 Å². The number of ether oxygens (including phenoxy) is 1. The van der Waals surface area contributed by atoms with Crippen LogP contribution in [0.3, 0.4) is 0 Å².